The van der Waals surface area contributed by atoms with Crippen molar-refractivity contribution in [2.24, 2.45) is 5.92 Å². The predicted octanol–water partition coefficient (Wildman–Crippen LogP) is 3.51. The number of benzene rings is 1. The molecule has 2 atom stereocenters. The zero-order chi connectivity index (χ0) is 17.8. The Labute approximate surface area is 156 Å². The molecule has 1 N–H and O–H groups in total. The van der Waals surface area contributed by atoms with Crippen LogP contribution in [0.4, 0.5) is 4.79 Å². The lowest BCUT2D eigenvalue weighted by Gasteiger charge is -2.34. The summed E-state index contributed by atoms with van der Waals surface area (Å²) in [6.07, 6.45) is 6.98. The summed E-state index contributed by atoms with van der Waals surface area (Å²) in [4.78, 5) is 14.8. The van der Waals surface area contributed by atoms with Crippen molar-refractivity contribution in [3.05, 3.63) is 35.9 Å². The topological polar surface area (TPSA) is 50.8 Å². The normalized spacial score (nSPS) is 25.2. The van der Waals surface area contributed by atoms with Gasteiger partial charge < -0.3 is 19.7 Å². The van der Waals surface area contributed by atoms with Crippen LogP contribution in [0.3, 0.4) is 0 Å². The Morgan fingerprint density at radius 1 is 1.15 bits per heavy atom. The first-order valence-electron chi connectivity index (χ1n) is 10.1. The van der Waals surface area contributed by atoms with E-state index in [-0.39, 0.29) is 18.2 Å². The SMILES string of the molecule is O=C(NC(c1ccccc1)C1CCCO1)N1CCC(OCC2CC2)CC1. The number of nitrogens with zero attached hydrogens (tertiary/aromatic N) is 1. The molecular formula is C21H30N2O3. The lowest BCUT2D eigenvalue weighted by molar-refractivity contribution is 0.00844. The largest absolute Gasteiger partial charge is 0.378 e. The summed E-state index contributed by atoms with van der Waals surface area (Å²) in [6, 6.07) is 10.1. The Hall–Kier alpha value is -1.59. The summed E-state index contributed by atoms with van der Waals surface area (Å²) in [5.41, 5.74) is 1.12. The van der Waals surface area contributed by atoms with Gasteiger partial charge in [-0.3, -0.25) is 0 Å². The standard InChI is InChI=1S/C21H30N2O3/c24-21(23-12-10-18(11-13-23)26-15-16-8-9-16)22-20(19-7-4-14-25-19)17-5-2-1-3-6-17/h1-3,5-6,16,18-20H,4,7-15H2,(H,22,24). The molecule has 2 amide bonds. The molecule has 2 aliphatic heterocycles. The summed E-state index contributed by atoms with van der Waals surface area (Å²) in [7, 11) is 0. The fourth-order valence-electron chi connectivity index (χ4n) is 3.92. The number of carbonyl (C=O) groups excluding carboxylic acids is 1. The molecule has 2 saturated heterocycles. The van der Waals surface area contributed by atoms with Crippen molar-refractivity contribution in [3.63, 3.8) is 0 Å². The molecule has 2 heterocycles. The van der Waals surface area contributed by atoms with Gasteiger partial charge in [-0.25, -0.2) is 4.79 Å². The number of amides is 2. The van der Waals surface area contributed by atoms with Crippen molar-refractivity contribution in [2.45, 2.75) is 56.8 Å². The van der Waals surface area contributed by atoms with E-state index in [4.69, 9.17) is 9.47 Å². The van der Waals surface area contributed by atoms with Crippen LogP contribution < -0.4 is 5.32 Å². The number of likely N-dealkylation sites (tertiary alicyclic amines) is 1. The number of carbonyl (C=O) groups is 1. The Morgan fingerprint density at radius 3 is 2.58 bits per heavy atom. The third kappa shape index (κ3) is 4.57. The average Bonchev–Trinajstić information content (AvgIpc) is 3.37. The third-order valence-electron chi connectivity index (χ3n) is 5.77. The second kappa shape index (κ2) is 8.40. The van der Waals surface area contributed by atoms with E-state index in [1.165, 1.54) is 12.8 Å². The lowest BCUT2D eigenvalue weighted by Crippen LogP contribution is -2.48. The number of piperidine rings is 1. The minimum atomic E-state index is -0.0740. The van der Waals surface area contributed by atoms with E-state index in [1.54, 1.807) is 0 Å². The van der Waals surface area contributed by atoms with E-state index in [2.05, 4.69) is 17.4 Å². The van der Waals surface area contributed by atoms with Crippen molar-refractivity contribution in [1.29, 1.82) is 0 Å². The molecule has 3 aliphatic rings. The molecule has 0 aromatic heterocycles. The molecule has 0 spiro atoms. The van der Waals surface area contributed by atoms with Gasteiger partial charge >= 0.3 is 6.03 Å². The Morgan fingerprint density at radius 2 is 1.92 bits per heavy atom. The van der Waals surface area contributed by atoms with Crippen LogP contribution >= 0.6 is 0 Å². The smallest absolute Gasteiger partial charge is 0.317 e. The van der Waals surface area contributed by atoms with Gasteiger partial charge in [-0.2, -0.15) is 0 Å². The number of hydrogen-bond donors (Lipinski definition) is 1. The van der Waals surface area contributed by atoms with Gasteiger partial charge in [0.25, 0.3) is 0 Å². The predicted molar refractivity (Wildman–Crippen MR) is 100.0 cm³/mol. The van der Waals surface area contributed by atoms with Gasteiger partial charge in [0.1, 0.15) is 0 Å². The molecule has 4 rings (SSSR count). The number of hydrogen-bond acceptors (Lipinski definition) is 3. The molecular weight excluding hydrogens is 328 g/mol. The summed E-state index contributed by atoms with van der Waals surface area (Å²) >= 11 is 0. The number of urea groups is 1. The van der Waals surface area contributed by atoms with E-state index in [1.807, 2.05) is 23.1 Å². The molecule has 142 valence electrons. The fraction of sp³-hybridized carbons (Fsp3) is 0.667. The van der Waals surface area contributed by atoms with Gasteiger partial charge in [0.15, 0.2) is 0 Å². The van der Waals surface area contributed by atoms with Crippen LogP contribution in [0.25, 0.3) is 0 Å². The van der Waals surface area contributed by atoms with Crippen molar-refractivity contribution >= 4 is 6.03 Å². The Bertz CT molecular complexity index is 576. The molecule has 1 aromatic rings. The maximum absolute atomic E-state index is 12.8. The van der Waals surface area contributed by atoms with Crippen LogP contribution in [0, 0.1) is 5.92 Å². The first-order valence-corrected chi connectivity index (χ1v) is 10.1. The zero-order valence-electron chi connectivity index (χ0n) is 15.4. The monoisotopic (exact) mass is 358 g/mol. The van der Waals surface area contributed by atoms with Gasteiger partial charge in [-0.1, -0.05) is 30.3 Å². The van der Waals surface area contributed by atoms with Crippen molar-refractivity contribution in [2.75, 3.05) is 26.3 Å². The highest BCUT2D eigenvalue weighted by molar-refractivity contribution is 5.75. The first-order chi connectivity index (χ1) is 12.8. The molecule has 0 radical (unpaired) electrons. The molecule has 26 heavy (non-hydrogen) atoms. The van der Waals surface area contributed by atoms with Crippen molar-refractivity contribution in [1.82, 2.24) is 10.2 Å². The molecule has 5 nitrogen and oxygen atoms in total. The lowest BCUT2D eigenvalue weighted by atomic mass is 9.99. The number of ether oxygens (including phenoxy) is 2. The van der Waals surface area contributed by atoms with Gasteiger partial charge in [0.05, 0.1) is 18.2 Å². The highest BCUT2D eigenvalue weighted by atomic mass is 16.5. The maximum atomic E-state index is 12.8. The molecule has 0 bridgehead atoms. The van der Waals surface area contributed by atoms with Crippen molar-refractivity contribution < 1.29 is 14.3 Å². The quantitative estimate of drug-likeness (QED) is 0.847. The summed E-state index contributed by atoms with van der Waals surface area (Å²) in [5.74, 6) is 0.800. The van der Waals surface area contributed by atoms with Crippen LogP contribution in [-0.2, 0) is 9.47 Å². The Balaban J connectivity index is 1.31. The molecule has 5 heteroatoms. The summed E-state index contributed by atoms with van der Waals surface area (Å²) in [5, 5.41) is 3.24. The maximum Gasteiger partial charge on any atom is 0.317 e. The van der Waals surface area contributed by atoms with E-state index in [0.717, 1.165) is 63.5 Å². The van der Waals surface area contributed by atoms with Crippen LogP contribution in [0.1, 0.15) is 50.1 Å². The second-order valence-electron chi connectivity index (χ2n) is 7.85. The summed E-state index contributed by atoms with van der Waals surface area (Å²) < 4.78 is 11.9. The summed E-state index contributed by atoms with van der Waals surface area (Å²) in [6.45, 7) is 3.24. The first kappa shape index (κ1) is 17.8. The number of rotatable bonds is 6. The molecule has 1 saturated carbocycles. The third-order valence-corrected chi connectivity index (χ3v) is 5.77. The van der Waals surface area contributed by atoms with Crippen LogP contribution in [0.15, 0.2) is 30.3 Å². The van der Waals surface area contributed by atoms with Crippen LogP contribution in [0.2, 0.25) is 0 Å². The van der Waals surface area contributed by atoms with Gasteiger partial charge in [0, 0.05) is 26.3 Å². The zero-order valence-corrected chi connectivity index (χ0v) is 15.4. The molecule has 3 fully saturated rings. The highest BCUT2D eigenvalue weighted by Crippen LogP contribution is 2.30. The second-order valence-corrected chi connectivity index (χ2v) is 7.85. The average molecular weight is 358 g/mol. The van der Waals surface area contributed by atoms with E-state index < -0.39 is 0 Å². The van der Waals surface area contributed by atoms with Crippen LogP contribution in [-0.4, -0.2) is 49.4 Å². The van der Waals surface area contributed by atoms with Gasteiger partial charge in [-0.15, -0.1) is 0 Å². The minimum Gasteiger partial charge on any atom is -0.378 e. The highest BCUT2D eigenvalue weighted by Gasteiger charge is 2.31. The van der Waals surface area contributed by atoms with E-state index in [9.17, 15) is 4.79 Å². The molecule has 1 aliphatic carbocycles. The van der Waals surface area contributed by atoms with E-state index in [0.29, 0.717) is 6.10 Å². The number of nitrogens with one attached hydrogen (secondary N) is 1. The molecule has 2 unspecified atom stereocenters. The van der Waals surface area contributed by atoms with Gasteiger partial charge in [0.2, 0.25) is 0 Å². The van der Waals surface area contributed by atoms with E-state index >= 15 is 0 Å². The molecule has 1 aromatic carbocycles. The van der Waals surface area contributed by atoms with Crippen molar-refractivity contribution in [3.8, 4) is 0 Å². The fourth-order valence-corrected chi connectivity index (χ4v) is 3.92. The van der Waals surface area contributed by atoms with Crippen LogP contribution in [0.5, 0.6) is 0 Å². The minimum absolute atomic E-state index is 0.0231. The van der Waals surface area contributed by atoms with Gasteiger partial charge in [-0.05, 0) is 50.0 Å². The Kier molecular flexibility index (Phi) is 5.75.